The number of aromatic amines is 1. The summed E-state index contributed by atoms with van der Waals surface area (Å²) in [6.07, 6.45) is 3.07. The molecule has 2 aliphatic rings. The average molecular weight is 399 g/mol. The van der Waals surface area contributed by atoms with Gasteiger partial charge in [-0.2, -0.15) is 10.4 Å². The number of ether oxygens (including phenoxy) is 1. The zero-order valence-electron chi connectivity index (χ0n) is 16.6. The van der Waals surface area contributed by atoms with Gasteiger partial charge in [-0.05, 0) is 36.8 Å². The summed E-state index contributed by atoms with van der Waals surface area (Å²) in [5.41, 5.74) is 1.45. The Morgan fingerprint density at radius 3 is 2.73 bits per heavy atom. The molecule has 1 aliphatic heterocycles. The van der Waals surface area contributed by atoms with E-state index in [1.165, 1.54) is 0 Å². The molecular weight excluding hydrogens is 378 g/mol. The van der Waals surface area contributed by atoms with Crippen LogP contribution in [0.1, 0.15) is 23.8 Å². The molecule has 1 saturated carbocycles. The van der Waals surface area contributed by atoms with Gasteiger partial charge in [-0.25, -0.2) is 0 Å². The van der Waals surface area contributed by atoms with E-state index in [4.69, 9.17) is 4.74 Å². The number of hydrogen-bond donors (Lipinski definition) is 2. The molecule has 0 bridgehead atoms. The standard InChI is InChI=1S/C23H21N5O2/c1-22-12-23(22,14-28(13-22)15-24)25-21(29)19-11-18(26-27-19)17-9-5-6-10-20(17)30-16-7-3-2-4-8-16/h2-11H,12-14H2,1H3,(H,25,29)(H,26,27)/t22-,23-/m1/s1. The van der Waals surface area contributed by atoms with Gasteiger partial charge < -0.3 is 15.0 Å². The monoisotopic (exact) mass is 399 g/mol. The highest BCUT2D eigenvalue weighted by molar-refractivity contribution is 5.94. The summed E-state index contributed by atoms with van der Waals surface area (Å²) >= 11 is 0. The number of carbonyl (C=O) groups is 1. The Morgan fingerprint density at radius 1 is 1.20 bits per heavy atom. The van der Waals surface area contributed by atoms with E-state index in [-0.39, 0.29) is 16.9 Å². The van der Waals surface area contributed by atoms with E-state index in [9.17, 15) is 10.1 Å². The van der Waals surface area contributed by atoms with Crippen LogP contribution in [-0.2, 0) is 0 Å². The molecule has 2 atom stereocenters. The highest BCUT2D eigenvalue weighted by Gasteiger charge is 2.70. The smallest absolute Gasteiger partial charge is 0.272 e. The number of benzene rings is 2. The third kappa shape index (κ3) is 2.98. The normalized spacial score (nSPS) is 24.1. The van der Waals surface area contributed by atoms with Crippen LogP contribution in [0.4, 0.5) is 0 Å². The number of aromatic nitrogens is 2. The average Bonchev–Trinajstić information content (AvgIpc) is 3.07. The Morgan fingerprint density at radius 2 is 1.97 bits per heavy atom. The van der Waals surface area contributed by atoms with Gasteiger partial charge >= 0.3 is 0 Å². The number of amides is 1. The van der Waals surface area contributed by atoms with Gasteiger partial charge in [0.25, 0.3) is 5.91 Å². The number of hydrogen-bond acceptors (Lipinski definition) is 5. The molecule has 1 saturated heterocycles. The molecule has 2 N–H and O–H groups in total. The SMILES string of the molecule is C[C@@]12CN(C#N)C[C@]1(NC(=O)c1cc(-c3ccccc3Oc3ccccc3)[nH]n1)C2. The molecule has 150 valence electrons. The van der Waals surface area contributed by atoms with Crippen LogP contribution < -0.4 is 10.1 Å². The second kappa shape index (κ2) is 6.63. The fraction of sp³-hybridized carbons (Fsp3) is 0.261. The van der Waals surface area contributed by atoms with Crippen molar-refractivity contribution in [1.29, 1.82) is 5.26 Å². The van der Waals surface area contributed by atoms with Gasteiger partial charge in [0.05, 0.1) is 17.8 Å². The first kappa shape index (κ1) is 18.3. The van der Waals surface area contributed by atoms with Gasteiger partial charge in [0.15, 0.2) is 11.9 Å². The molecule has 7 nitrogen and oxygen atoms in total. The van der Waals surface area contributed by atoms with Crippen LogP contribution in [0.15, 0.2) is 60.7 Å². The number of likely N-dealkylation sites (tertiary alicyclic amines) is 1. The number of nitrogens with one attached hydrogen (secondary N) is 2. The fourth-order valence-electron chi connectivity index (χ4n) is 4.44. The molecule has 1 amide bonds. The summed E-state index contributed by atoms with van der Waals surface area (Å²) in [6.45, 7) is 3.34. The largest absolute Gasteiger partial charge is 0.457 e. The molecule has 30 heavy (non-hydrogen) atoms. The van der Waals surface area contributed by atoms with Crippen molar-refractivity contribution >= 4 is 5.91 Å². The van der Waals surface area contributed by atoms with E-state index >= 15 is 0 Å². The van der Waals surface area contributed by atoms with Crippen molar-refractivity contribution in [2.75, 3.05) is 13.1 Å². The molecule has 0 radical (unpaired) electrons. The van der Waals surface area contributed by atoms with Gasteiger partial charge in [-0.3, -0.25) is 9.89 Å². The van der Waals surface area contributed by atoms with Crippen LogP contribution in [0, 0.1) is 16.9 Å². The van der Waals surface area contributed by atoms with E-state index in [0.717, 1.165) is 17.7 Å². The van der Waals surface area contributed by atoms with Crippen LogP contribution in [0.5, 0.6) is 11.5 Å². The van der Waals surface area contributed by atoms with Crippen molar-refractivity contribution in [2.45, 2.75) is 18.9 Å². The molecule has 1 aliphatic carbocycles. The first-order valence-electron chi connectivity index (χ1n) is 9.87. The molecule has 7 heteroatoms. The number of H-pyrrole nitrogens is 1. The predicted molar refractivity (Wildman–Crippen MR) is 111 cm³/mol. The van der Waals surface area contributed by atoms with Crippen molar-refractivity contribution in [3.05, 3.63) is 66.4 Å². The Balaban J connectivity index is 1.36. The summed E-state index contributed by atoms with van der Waals surface area (Å²) in [5, 5.41) is 19.5. The minimum atomic E-state index is -0.340. The highest BCUT2D eigenvalue weighted by atomic mass is 16.5. The maximum Gasteiger partial charge on any atom is 0.272 e. The molecule has 2 aromatic carbocycles. The maximum atomic E-state index is 12.9. The third-order valence-electron chi connectivity index (χ3n) is 6.18. The molecule has 5 rings (SSSR count). The molecule has 2 fully saturated rings. The lowest BCUT2D eigenvalue weighted by molar-refractivity contribution is 0.0921. The fourth-order valence-corrected chi connectivity index (χ4v) is 4.44. The summed E-state index contributed by atoms with van der Waals surface area (Å²) in [7, 11) is 0. The zero-order chi connectivity index (χ0) is 20.8. The number of nitriles is 1. The molecule has 0 spiro atoms. The molecule has 1 aromatic heterocycles. The van der Waals surface area contributed by atoms with Crippen LogP contribution >= 0.6 is 0 Å². The lowest BCUT2D eigenvalue weighted by atomic mass is 10.1. The van der Waals surface area contributed by atoms with Gasteiger partial charge in [0, 0.05) is 17.5 Å². The lowest BCUT2D eigenvalue weighted by Gasteiger charge is -2.16. The number of fused-ring (bicyclic) bond motifs is 1. The Bertz CT molecular complexity index is 1150. The number of nitrogens with zero attached hydrogens (tertiary/aromatic N) is 3. The minimum Gasteiger partial charge on any atom is -0.457 e. The van der Waals surface area contributed by atoms with Crippen molar-refractivity contribution in [2.24, 2.45) is 5.41 Å². The zero-order valence-corrected chi connectivity index (χ0v) is 16.6. The third-order valence-corrected chi connectivity index (χ3v) is 6.18. The molecular formula is C23H21N5O2. The summed E-state index contributed by atoms with van der Waals surface area (Å²) in [5.74, 6) is 1.17. The summed E-state index contributed by atoms with van der Waals surface area (Å²) in [6, 6.07) is 18.9. The Labute approximate surface area is 174 Å². The molecule has 0 unspecified atom stereocenters. The number of rotatable bonds is 5. The van der Waals surface area contributed by atoms with Crippen LogP contribution in [-0.4, -0.2) is 39.6 Å². The van der Waals surface area contributed by atoms with Crippen LogP contribution in [0.2, 0.25) is 0 Å². The molecule has 2 heterocycles. The van der Waals surface area contributed by atoms with E-state index in [0.29, 0.717) is 30.2 Å². The van der Waals surface area contributed by atoms with E-state index in [1.54, 1.807) is 11.0 Å². The maximum absolute atomic E-state index is 12.9. The van der Waals surface area contributed by atoms with Crippen molar-refractivity contribution in [3.8, 4) is 28.9 Å². The van der Waals surface area contributed by atoms with Gasteiger partial charge in [-0.15, -0.1) is 0 Å². The quantitative estimate of drug-likeness (QED) is 0.640. The number of carbonyl (C=O) groups excluding carboxylic acids is 1. The Kier molecular flexibility index (Phi) is 4.03. The number of piperidine rings is 1. The summed E-state index contributed by atoms with van der Waals surface area (Å²) in [4.78, 5) is 14.6. The second-order valence-corrected chi connectivity index (χ2v) is 8.31. The van der Waals surface area contributed by atoms with Gasteiger partial charge in [-0.1, -0.05) is 37.3 Å². The lowest BCUT2D eigenvalue weighted by Crippen LogP contribution is -2.42. The highest BCUT2D eigenvalue weighted by Crippen LogP contribution is 2.60. The predicted octanol–water partition coefficient (Wildman–Crippen LogP) is 3.54. The Hall–Kier alpha value is -3.79. The van der Waals surface area contributed by atoms with Crippen molar-refractivity contribution < 1.29 is 9.53 Å². The first-order valence-corrected chi connectivity index (χ1v) is 9.87. The van der Waals surface area contributed by atoms with E-state index in [1.807, 2.05) is 54.6 Å². The minimum absolute atomic E-state index is 0.0480. The molecule has 3 aromatic rings. The first-order chi connectivity index (χ1) is 14.5. The number of para-hydroxylation sites is 2. The van der Waals surface area contributed by atoms with Crippen LogP contribution in [0.25, 0.3) is 11.3 Å². The van der Waals surface area contributed by atoms with E-state index in [2.05, 4.69) is 28.6 Å². The summed E-state index contributed by atoms with van der Waals surface area (Å²) < 4.78 is 6.02. The van der Waals surface area contributed by atoms with Crippen molar-refractivity contribution in [3.63, 3.8) is 0 Å². The van der Waals surface area contributed by atoms with E-state index < -0.39 is 0 Å². The van der Waals surface area contributed by atoms with Gasteiger partial charge in [0.1, 0.15) is 11.5 Å². The second-order valence-electron chi connectivity index (χ2n) is 8.31. The van der Waals surface area contributed by atoms with Crippen LogP contribution in [0.3, 0.4) is 0 Å². The topological polar surface area (TPSA) is 94.0 Å². The van der Waals surface area contributed by atoms with Gasteiger partial charge in [0.2, 0.25) is 0 Å². The van der Waals surface area contributed by atoms with Crippen molar-refractivity contribution in [1.82, 2.24) is 20.4 Å².